The molecule has 4 nitrogen and oxygen atoms in total. The third-order valence-electron chi connectivity index (χ3n) is 3.63. The van der Waals surface area contributed by atoms with Gasteiger partial charge in [-0.25, -0.2) is 4.98 Å². The fourth-order valence-corrected chi connectivity index (χ4v) is 2.58. The summed E-state index contributed by atoms with van der Waals surface area (Å²) in [4.78, 5) is 4.69. The van der Waals surface area contributed by atoms with Crippen molar-refractivity contribution < 1.29 is 4.42 Å². The molecule has 0 bridgehead atoms. The molecular weight excluding hydrogens is 262 g/mol. The van der Waals surface area contributed by atoms with Gasteiger partial charge in [0.1, 0.15) is 17.3 Å². The molecule has 0 aliphatic rings. The first-order chi connectivity index (χ1) is 10.3. The Balaban J connectivity index is 1.88. The van der Waals surface area contributed by atoms with E-state index >= 15 is 0 Å². The van der Waals surface area contributed by atoms with E-state index in [9.17, 15) is 0 Å². The van der Waals surface area contributed by atoms with E-state index in [4.69, 9.17) is 9.40 Å². The van der Waals surface area contributed by atoms with E-state index in [1.54, 1.807) is 0 Å². The second kappa shape index (κ2) is 6.14. The Morgan fingerprint density at radius 3 is 2.71 bits per heavy atom. The van der Waals surface area contributed by atoms with Crippen LogP contribution in [0.2, 0.25) is 0 Å². The number of nitrogens with zero attached hydrogens (tertiary/aromatic N) is 2. The Morgan fingerprint density at radius 1 is 1.10 bits per heavy atom. The van der Waals surface area contributed by atoms with Crippen LogP contribution in [-0.2, 0) is 19.5 Å². The maximum atomic E-state index is 5.90. The standard InChI is InChI=1S/C17H21N3O/c1-3-17-19-15-7-5-6-8-16(15)20(17)12-14-10-9-13(21-14)11-18-4-2/h5-10,18H,3-4,11-12H2,1-2H3. The lowest BCUT2D eigenvalue weighted by molar-refractivity contribution is 0.439. The smallest absolute Gasteiger partial charge is 0.124 e. The predicted octanol–water partition coefficient (Wildman–Crippen LogP) is 3.35. The Hall–Kier alpha value is -2.07. The number of imidazole rings is 1. The van der Waals surface area contributed by atoms with Gasteiger partial charge < -0.3 is 14.3 Å². The molecule has 0 unspecified atom stereocenters. The van der Waals surface area contributed by atoms with Crippen LogP contribution in [0.3, 0.4) is 0 Å². The number of fused-ring (bicyclic) bond motifs is 1. The normalized spacial score (nSPS) is 11.3. The van der Waals surface area contributed by atoms with Crippen molar-refractivity contribution in [2.24, 2.45) is 0 Å². The molecule has 4 heteroatoms. The van der Waals surface area contributed by atoms with Crippen LogP contribution in [0, 0.1) is 0 Å². The Kier molecular flexibility index (Phi) is 4.06. The van der Waals surface area contributed by atoms with Crippen LogP contribution in [-0.4, -0.2) is 16.1 Å². The molecule has 0 atom stereocenters. The summed E-state index contributed by atoms with van der Waals surface area (Å²) in [7, 11) is 0. The van der Waals surface area contributed by atoms with Crippen LogP contribution in [0.15, 0.2) is 40.8 Å². The van der Waals surface area contributed by atoms with Crippen LogP contribution in [0.1, 0.15) is 31.2 Å². The molecule has 0 amide bonds. The predicted molar refractivity (Wildman–Crippen MR) is 84.3 cm³/mol. The summed E-state index contributed by atoms with van der Waals surface area (Å²) in [6.07, 6.45) is 0.916. The van der Waals surface area contributed by atoms with Gasteiger partial charge in [0, 0.05) is 6.42 Å². The van der Waals surface area contributed by atoms with Crippen LogP contribution in [0.4, 0.5) is 0 Å². The molecule has 1 aromatic carbocycles. The highest BCUT2D eigenvalue weighted by Gasteiger charge is 2.11. The van der Waals surface area contributed by atoms with Crippen molar-refractivity contribution in [2.75, 3.05) is 6.54 Å². The van der Waals surface area contributed by atoms with E-state index in [2.05, 4.69) is 48.0 Å². The first-order valence-electron chi connectivity index (χ1n) is 7.54. The van der Waals surface area contributed by atoms with Crippen LogP contribution >= 0.6 is 0 Å². The van der Waals surface area contributed by atoms with Crippen molar-refractivity contribution in [1.82, 2.24) is 14.9 Å². The molecule has 3 rings (SSSR count). The monoisotopic (exact) mass is 283 g/mol. The largest absolute Gasteiger partial charge is 0.463 e. The summed E-state index contributed by atoms with van der Waals surface area (Å²) in [5, 5.41) is 3.28. The Bertz CT molecular complexity index is 727. The fraction of sp³-hybridized carbons (Fsp3) is 0.353. The lowest BCUT2D eigenvalue weighted by Crippen LogP contribution is -2.10. The molecule has 2 aromatic heterocycles. The van der Waals surface area contributed by atoms with Gasteiger partial charge in [-0.1, -0.05) is 26.0 Å². The minimum Gasteiger partial charge on any atom is -0.463 e. The number of nitrogens with one attached hydrogen (secondary N) is 1. The zero-order valence-corrected chi connectivity index (χ0v) is 12.6. The summed E-state index contributed by atoms with van der Waals surface area (Å²) < 4.78 is 8.14. The van der Waals surface area contributed by atoms with Gasteiger partial charge in [0.2, 0.25) is 0 Å². The van der Waals surface area contributed by atoms with Gasteiger partial charge >= 0.3 is 0 Å². The molecule has 0 radical (unpaired) electrons. The third-order valence-corrected chi connectivity index (χ3v) is 3.63. The number of hydrogen-bond donors (Lipinski definition) is 1. The maximum Gasteiger partial charge on any atom is 0.124 e. The zero-order chi connectivity index (χ0) is 14.7. The third kappa shape index (κ3) is 2.85. The zero-order valence-electron chi connectivity index (χ0n) is 12.6. The van der Waals surface area contributed by atoms with Gasteiger partial charge in [-0.2, -0.15) is 0 Å². The van der Waals surface area contributed by atoms with Crippen molar-refractivity contribution in [3.63, 3.8) is 0 Å². The molecule has 0 aliphatic heterocycles. The second-order valence-electron chi connectivity index (χ2n) is 5.10. The first-order valence-corrected chi connectivity index (χ1v) is 7.54. The molecule has 110 valence electrons. The molecule has 0 saturated carbocycles. The summed E-state index contributed by atoms with van der Waals surface area (Å²) in [5.74, 6) is 3.05. The van der Waals surface area contributed by atoms with Gasteiger partial charge in [-0.15, -0.1) is 0 Å². The van der Waals surface area contributed by atoms with E-state index in [1.807, 2.05) is 12.1 Å². The first kappa shape index (κ1) is 13.9. The van der Waals surface area contributed by atoms with Crippen LogP contribution in [0.25, 0.3) is 11.0 Å². The minimum absolute atomic E-state index is 0.732. The van der Waals surface area contributed by atoms with Gasteiger partial charge in [-0.05, 0) is 30.8 Å². The summed E-state index contributed by atoms with van der Waals surface area (Å²) in [6.45, 7) is 6.69. The van der Waals surface area contributed by atoms with E-state index in [0.717, 1.165) is 48.9 Å². The highest BCUT2D eigenvalue weighted by molar-refractivity contribution is 5.76. The Labute approximate surface area is 124 Å². The minimum atomic E-state index is 0.732. The van der Waals surface area contributed by atoms with Crippen LogP contribution in [0.5, 0.6) is 0 Å². The second-order valence-corrected chi connectivity index (χ2v) is 5.10. The van der Waals surface area contributed by atoms with Gasteiger partial charge in [0.05, 0.1) is 24.1 Å². The molecule has 2 heterocycles. The van der Waals surface area contributed by atoms with Gasteiger partial charge in [0.15, 0.2) is 0 Å². The average molecular weight is 283 g/mol. The number of aromatic nitrogens is 2. The average Bonchev–Trinajstić information content (AvgIpc) is 3.10. The number of aryl methyl sites for hydroxylation is 1. The molecule has 0 saturated heterocycles. The number of para-hydroxylation sites is 2. The summed E-state index contributed by atoms with van der Waals surface area (Å²) >= 11 is 0. The highest BCUT2D eigenvalue weighted by Crippen LogP contribution is 2.19. The van der Waals surface area contributed by atoms with E-state index < -0.39 is 0 Å². The quantitative estimate of drug-likeness (QED) is 0.754. The van der Waals surface area contributed by atoms with Crippen molar-refractivity contribution in [3.05, 3.63) is 53.7 Å². The molecule has 1 N–H and O–H groups in total. The summed E-state index contributed by atoms with van der Waals surface area (Å²) in [6, 6.07) is 12.4. The molecule has 0 aliphatic carbocycles. The lowest BCUT2D eigenvalue weighted by atomic mass is 10.3. The molecule has 3 aromatic rings. The topological polar surface area (TPSA) is 43.0 Å². The number of hydrogen-bond acceptors (Lipinski definition) is 3. The number of rotatable bonds is 6. The van der Waals surface area contributed by atoms with Crippen molar-refractivity contribution >= 4 is 11.0 Å². The van der Waals surface area contributed by atoms with E-state index in [0.29, 0.717) is 0 Å². The SMILES string of the molecule is CCNCc1ccc(Cn2c(CC)nc3ccccc32)o1. The number of furan rings is 1. The lowest BCUT2D eigenvalue weighted by Gasteiger charge is -2.06. The van der Waals surface area contributed by atoms with E-state index in [1.165, 1.54) is 5.52 Å². The summed E-state index contributed by atoms with van der Waals surface area (Å²) in [5.41, 5.74) is 2.22. The fourth-order valence-electron chi connectivity index (χ4n) is 2.58. The van der Waals surface area contributed by atoms with Gasteiger partial charge in [0.25, 0.3) is 0 Å². The van der Waals surface area contributed by atoms with E-state index in [-0.39, 0.29) is 0 Å². The van der Waals surface area contributed by atoms with Crippen molar-refractivity contribution in [2.45, 2.75) is 33.4 Å². The van der Waals surface area contributed by atoms with Crippen molar-refractivity contribution in [3.8, 4) is 0 Å². The molecule has 0 spiro atoms. The van der Waals surface area contributed by atoms with Gasteiger partial charge in [-0.3, -0.25) is 0 Å². The maximum absolute atomic E-state index is 5.90. The molecular formula is C17H21N3O. The highest BCUT2D eigenvalue weighted by atomic mass is 16.3. The number of benzene rings is 1. The Morgan fingerprint density at radius 2 is 1.90 bits per heavy atom. The van der Waals surface area contributed by atoms with Crippen molar-refractivity contribution in [1.29, 1.82) is 0 Å². The van der Waals surface area contributed by atoms with Crippen LogP contribution < -0.4 is 5.32 Å². The molecule has 21 heavy (non-hydrogen) atoms. The molecule has 0 fully saturated rings.